The Balaban J connectivity index is 1.54. The monoisotopic (exact) mass is 372 g/mol. The van der Waals surface area contributed by atoms with E-state index in [0.29, 0.717) is 6.04 Å². The average molecular weight is 373 g/mol. The van der Waals surface area contributed by atoms with Crippen molar-refractivity contribution in [3.8, 4) is 0 Å². The van der Waals surface area contributed by atoms with Gasteiger partial charge in [0.05, 0.1) is 11.4 Å². The van der Waals surface area contributed by atoms with Gasteiger partial charge < -0.3 is 15.5 Å². The van der Waals surface area contributed by atoms with Gasteiger partial charge in [0.2, 0.25) is 0 Å². The highest BCUT2D eigenvalue weighted by atomic mass is 15.2. The molecule has 2 saturated heterocycles. The minimum absolute atomic E-state index is 0.681. The largest absolute Gasteiger partial charge is 0.384 e. The lowest BCUT2D eigenvalue weighted by Crippen LogP contribution is -2.40. The van der Waals surface area contributed by atoms with Gasteiger partial charge >= 0.3 is 0 Å². The first kappa shape index (κ1) is 20.4. The van der Waals surface area contributed by atoms with Crippen LogP contribution in [0.4, 0.5) is 11.5 Å². The fourth-order valence-corrected chi connectivity index (χ4v) is 4.84. The first-order chi connectivity index (χ1) is 13.1. The number of piperidine rings is 1. The smallest absolute Gasteiger partial charge is 0.128 e. The van der Waals surface area contributed by atoms with Crippen LogP contribution >= 0.6 is 0 Å². The van der Waals surface area contributed by atoms with Crippen LogP contribution in [0.3, 0.4) is 0 Å². The van der Waals surface area contributed by atoms with Crippen LogP contribution in [-0.2, 0) is 0 Å². The molecule has 0 amide bonds. The summed E-state index contributed by atoms with van der Waals surface area (Å²) in [5.41, 5.74) is 2.32. The number of nitrogens with zero attached hydrogens (tertiary/aromatic N) is 2. The summed E-state index contributed by atoms with van der Waals surface area (Å²) in [4.78, 5) is 7.48. The summed E-state index contributed by atoms with van der Waals surface area (Å²) in [5.74, 6) is 2.79. The van der Waals surface area contributed by atoms with Gasteiger partial charge in [0.1, 0.15) is 5.82 Å². The van der Waals surface area contributed by atoms with E-state index in [4.69, 9.17) is 4.98 Å². The maximum Gasteiger partial charge on any atom is 0.128 e. The Kier molecular flexibility index (Phi) is 7.40. The van der Waals surface area contributed by atoms with Gasteiger partial charge in [-0.15, -0.1) is 0 Å². The molecule has 0 radical (unpaired) electrons. The highest BCUT2D eigenvalue weighted by Crippen LogP contribution is 2.30. The normalized spacial score (nSPS) is 28.5. The van der Waals surface area contributed by atoms with Crippen LogP contribution in [0, 0.1) is 18.8 Å². The Morgan fingerprint density at radius 1 is 1.04 bits per heavy atom. The lowest BCUT2D eigenvalue weighted by Gasteiger charge is -2.38. The maximum atomic E-state index is 4.96. The van der Waals surface area contributed by atoms with Crippen LogP contribution in [-0.4, -0.2) is 36.7 Å². The molecular weight excluding hydrogens is 332 g/mol. The Morgan fingerprint density at radius 2 is 1.74 bits per heavy atom. The molecule has 3 heterocycles. The van der Waals surface area contributed by atoms with Crippen molar-refractivity contribution in [1.29, 1.82) is 0 Å². The van der Waals surface area contributed by atoms with E-state index in [2.05, 4.69) is 55.4 Å². The fourth-order valence-electron chi connectivity index (χ4n) is 4.84. The predicted octanol–water partition coefficient (Wildman–Crippen LogP) is 4.99. The Labute approximate surface area is 166 Å². The molecule has 4 unspecified atom stereocenters. The lowest BCUT2D eigenvalue weighted by molar-refractivity contribution is 0.303. The van der Waals surface area contributed by atoms with Gasteiger partial charge in [0.15, 0.2) is 0 Å². The number of aromatic nitrogens is 1. The molecular formula is C23H40N4. The van der Waals surface area contributed by atoms with Crippen LogP contribution in [0.5, 0.6) is 0 Å². The van der Waals surface area contributed by atoms with Gasteiger partial charge in [-0.25, -0.2) is 4.98 Å². The Bertz CT molecular complexity index is 576. The van der Waals surface area contributed by atoms with Crippen LogP contribution in [0.25, 0.3) is 0 Å². The quantitative estimate of drug-likeness (QED) is 0.675. The van der Waals surface area contributed by atoms with Crippen LogP contribution in [0.1, 0.15) is 71.4 Å². The molecule has 0 saturated carbocycles. The summed E-state index contributed by atoms with van der Waals surface area (Å²) in [7, 11) is 0. The third-order valence-corrected chi connectivity index (χ3v) is 6.81. The molecule has 2 aliphatic heterocycles. The molecule has 4 atom stereocenters. The zero-order valence-electron chi connectivity index (χ0n) is 17.9. The fraction of sp³-hybridized carbons (Fsp3) is 0.783. The number of nitrogens with one attached hydrogen (secondary N) is 2. The van der Waals surface area contributed by atoms with Gasteiger partial charge in [-0.2, -0.15) is 0 Å². The number of rotatable bonds is 8. The van der Waals surface area contributed by atoms with Crippen molar-refractivity contribution in [1.82, 2.24) is 10.3 Å². The second-order valence-electron chi connectivity index (χ2n) is 8.75. The summed E-state index contributed by atoms with van der Waals surface area (Å²) in [6.45, 7) is 12.4. The zero-order valence-corrected chi connectivity index (χ0v) is 17.9. The van der Waals surface area contributed by atoms with E-state index < -0.39 is 0 Å². The molecule has 152 valence electrons. The van der Waals surface area contributed by atoms with Gasteiger partial charge in [0, 0.05) is 31.7 Å². The van der Waals surface area contributed by atoms with Crippen molar-refractivity contribution in [3.05, 3.63) is 17.8 Å². The minimum atomic E-state index is 0.681. The van der Waals surface area contributed by atoms with E-state index in [1.807, 2.05) is 0 Å². The number of anilines is 2. The molecule has 2 fully saturated rings. The second-order valence-corrected chi connectivity index (χ2v) is 8.75. The molecule has 1 aromatic heterocycles. The summed E-state index contributed by atoms with van der Waals surface area (Å²) in [5, 5.41) is 7.37. The molecule has 0 bridgehead atoms. The SMILES string of the molecule is CCC1CC(CC)CN(c2ccc(NCCC3CCC(CC)N3)c(C)n2)C1. The summed E-state index contributed by atoms with van der Waals surface area (Å²) < 4.78 is 0. The van der Waals surface area contributed by atoms with Crippen molar-refractivity contribution in [2.45, 2.75) is 84.7 Å². The third-order valence-electron chi connectivity index (χ3n) is 6.81. The number of aryl methyl sites for hydroxylation is 1. The number of pyridine rings is 1. The van der Waals surface area contributed by atoms with Crippen molar-refractivity contribution in [2.24, 2.45) is 11.8 Å². The molecule has 2 aliphatic rings. The zero-order chi connectivity index (χ0) is 19.2. The van der Waals surface area contributed by atoms with Crippen molar-refractivity contribution >= 4 is 11.5 Å². The molecule has 27 heavy (non-hydrogen) atoms. The predicted molar refractivity (Wildman–Crippen MR) is 117 cm³/mol. The molecule has 2 N–H and O–H groups in total. The van der Waals surface area contributed by atoms with Gasteiger partial charge in [-0.1, -0.05) is 33.6 Å². The van der Waals surface area contributed by atoms with Gasteiger partial charge in [0.25, 0.3) is 0 Å². The van der Waals surface area contributed by atoms with E-state index in [-0.39, 0.29) is 0 Å². The molecule has 0 aliphatic carbocycles. The second kappa shape index (κ2) is 9.77. The topological polar surface area (TPSA) is 40.2 Å². The van der Waals surface area contributed by atoms with E-state index >= 15 is 0 Å². The number of hydrogen-bond donors (Lipinski definition) is 2. The number of hydrogen-bond acceptors (Lipinski definition) is 4. The Hall–Kier alpha value is -1.29. The molecule has 4 nitrogen and oxygen atoms in total. The van der Waals surface area contributed by atoms with E-state index in [0.717, 1.165) is 49.0 Å². The van der Waals surface area contributed by atoms with Crippen molar-refractivity contribution in [2.75, 3.05) is 29.9 Å². The molecule has 0 spiro atoms. The standard InChI is InChI=1S/C23H40N4/c1-5-18-14-19(6-2)16-27(15-18)23-11-10-22(17(4)25-23)24-13-12-21-9-8-20(7-3)26-21/h10-11,18-21,24,26H,5-9,12-16H2,1-4H3. The summed E-state index contributed by atoms with van der Waals surface area (Å²) in [6.07, 6.45) is 9.05. The van der Waals surface area contributed by atoms with Crippen LogP contribution in [0.2, 0.25) is 0 Å². The van der Waals surface area contributed by atoms with E-state index in [1.54, 1.807) is 0 Å². The van der Waals surface area contributed by atoms with Crippen LogP contribution < -0.4 is 15.5 Å². The first-order valence-corrected chi connectivity index (χ1v) is 11.3. The van der Waals surface area contributed by atoms with Crippen molar-refractivity contribution < 1.29 is 0 Å². The van der Waals surface area contributed by atoms with E-state index in [1.165, 1.54) is 50.6 Å². The molecule has 3 rings (SSSR count). The minimum Gasteiger partial charge on any atom is -0.384 e. The van der Waals surface area contributed by atoms with Gasteiger partial charge in [-0.3, -0.25) is 0 Å². The highest BCUT2D eigenvalue weighted by Gasteiger charge is 2.26. The molecule has 4 heteroatoms. The van der Waals surface area contributed by atoms with Crippen LogP contribution in [0.15, 0.2) is 12.1 Å². The third kappa shape index (κ3) is 5.37. The summed E-state index contributed by atoms with van der Waals surface area (Å²) >= 11 is 0. The van der Waals surface area contributed by atoms with Gasteiger partial charge in [-0.05, 0) is 63.0 Å². The maximum absolute atomic E-state index is 4.96. The molecule has 0 aromatic carbocycles. The average Bonchev–Trinajstić information content (AvgIpc) is 3.16. The Morgan fingerprint density at radius 3 is 2.33 bits per heavy atom. The first-order valence-electron chi connectivity index (χ1n) is 11.3. The lowest BCUT2D eigenvalue weighted by atomic mass is 9.86. The highest BCUT2D eigenvalue weighted by molar-refractivity contribution is 5.53. The molecule has 1 aromatic rings. The van der Waals surface area contributed by atoms with E-state index in [9.17, 15) is 0 Å². The van der Waals surface area contributed by atoms with Crippen molar-refractivity contribution in [3.63, 3.8) is 0 Å². The summed E-state index contributed by atoms with van der Waals surface area (Å²) in [6, 6.07) is 5.88.